The van der Waals surface area contributed by atoms with Gasteiger partial charge in [-0.3, -0.25) is 0 Å². The molecule has 0 amide bonds. The van der Waals surface area contributed by atoms with Crippen LogP contribution in [0.2, 0.25) is 5.04 Å². The van der Waals surface area contributed by atoms with Crippen LogP contribution in [0.25, 0.3) is 0 Å². The second-order valence-electron chi connectivity index (χ2n) is 7.49. The lowest BCUT2D eigenvalue weighted by molar-refractivity contribution is 0.0823. The monoisotopic (exact) mass is 358 g/mol. The molecule has 0 saturated carbocycles. The first-order chi connectivity index (χ1) is 11.9. The second-order valence-corrected chi connectivity index (χ2v) is 11.8. The van der Waals surface area contributed by atoms with Crippen molar-refractivity contribution in [3.63, 3.8) is 0 Å². The van der Waals surface area contributed by atoms with Crippen molar-refractivity contribution in [3.05, 3.63) is 60.7 Å². The van der Waals surface area contributed by atoms with E-state index in [4.69, 9.17) is 9.53 Å². The molecule has 0 bridgehead atoms. The van der Waals surface area contributed by atoms with Crippen LogP contribution in [0.4, 0.5) is 0 Å². The molecule has 0 unspecified atom stereocenters. The standard InChI is InChI=1S/C21H30O3Si/c1-21(2,3)25(19-12-6-4-7-13-19,20-14-8-5-9-15-20)24-16-10-11-18(23)17-22/h4-9,12-15,18,22-23H,10-11,16-17H2,1-3H3/t18-/m0/s1. The van der Waals surface area contributed by atoms with E-state index in [9.17, 15) is 5.11 Å². The van der Waals surface area contributed by atoms with Gasteiger partial charge in [-0.1, -0.05) is 81.4 Å². The van der Waals surface area contributed by atoms with Gasteiger partial charge in [0, 0.05) is 6.61 Å². The predicted molar refractivity (Wildman–Crippen MR) is 106 cm³/mol. The van der Waals surface area contributed by atoms with E-state index in [0.717, 1.165) is 6.42 Å². The van der Waals surface area contributed by atoms with Crippen LogP contribution in [0, 0.1) is 0 Å². The van der Waals surface area contributed by atoms with Crippen LogP contribution in [-0.4, -0.2) is 37.8 Å². The third kappa shape index (κ3) is 4.58. The number of hydrogen-bond acceptors (Lipinski definition) is 3. The summed E-state index contributed by atoms with van der Waals surface area (Å²) >= 11 is 0. The van der Waals surface area contributed by atoms with Crippen LogP contribution in [0.5, 0.6) is 0 Å². The maximum absolute atomic E-state index is 9.59. The lowest BCUT2D eigenvalue weighted by atomic mass is 10.2. The zero-order chi connectivity index (χ0) is 18.3. The van der Waals surface area contributed by atoms with Crippen molar-refractivity contribution in [3.8, 4) is 0 Å². The zero-order valence-corrected chi connectivity index (χ0v) is 16.5. The molecule has 0 heterocycles. The summed E-state index contributed by atoms with van der Waals surface area (Å²) in [5.74, 6) is 0. The SMILES string of the molecule is CC(C)(C)[Si](OCCC[C@H](O)CO)(c1ccccc1)c1ccccc1. The summed E-state index contributed by atoms with van der Waals surface area (Å²) in [6, 6.07) is 21.1. The Labute approximate surface area is 152 Å². The summed E-state index contributed by atoms with van der Waals surface area (Å²) in [5.41, 5.74) is 0. The molecule has 0 radical (unpaired) electrons. The fraction of sp³-hybridized carbons (Fsp3) is 0.429. The van der Waals surface area contributed by atoms with Crippen molar-refractivity contribution < 1.29 is 14.6 Å². The van der Waals surface area contributed by atoms with Gasteiger partial charge in [0.2, 0.25) is 0 Å². The first-order valence-corrected chi connectivity index (χ1v) is 10.9. The molecular weight excluding hydrogens is 328 g/mol. The Kier molecular flexibility index (Phi) is 6.96. The Morgan fingerprint density at radius 1 is 0.920 bits per heavy atom. The molecular formula is C21H30O3Si. The van der Waals surface area contributed by atoms with Crippen LogP contribution < -0.4 is 10.4 Å². The molecule has 0 saturated heterocycles. The maximum Gasteiger partial charge on any atom is 0.261 e. The molecule has 0 fully saturated rings. The van der Waals surface area contributed by atoms with Gasteiger partial charge in [0.1, 0.15) is 0 Å². The van der Waals surface area contributed by atoms with Crippen molar-refractivity contribution in [2.24, 2.45) is 0 Å². The molecule has 2 aromatic carbocycles. The molecule has 1 atom stereocenters. The quantitative estimate of drug-likeness (QED) is 0.563. The molecule has 0 aliphatic heterocycles. The van der Waals surface area contributed by atoms with E-state index in [0.29, 0.717) is 13.0 Å². The van der Waals surface area contributed by atoms with Gasteiger partial charge < -0.3 is 14.6 Å². The largest absolute Gasteiger partial charge is 0.407 e. The van der Waals surface area contributed by atoms with Crippen molar-refractivity contribution in [2.45, 2.75) is 44.8 Å². The van der Waals surface area contributed by atoms with E-state index in [-0.39, 0.29) is 11.6 Å². The number of rotatable bonds is 8. The van der Waals surface area contributed by atoms with Crippen LogP contribution in [-0.2, 0) is 4.43 Å². The summed E-state index contributed by atoms with van der Waals surface area (Å²) < 4.78 is 6.71. The van der Waals surface area contributed by atoms with Gasteiger partial charge in [-0.15, -0.1) is 0 Å². The van der Waals surface area contributed by atoms with Gasteiger partial charge in [-0.25, -0.2) is 0 Å². The molecule has 136 valence electrons. The lowest BCUT2D eigenvalue weighted by Crippen LogP contribution is -2.66. The van der Waals surface area contributed by atoms with Gasteiger partial charge in [-0.05, 0) is 28.3 Å². The van der Waals surface area contributed by atoms with Crippen LogP contribution in [0.1, 0.15) is 33.6 Å². The summed E-state index contributed by atoms with van der Waals surface area (Å²) in [6.45, 7) is 7.13. The Morgan fingerprint density at radius 3 is 1.80 bits per heavy atom. The van der Waals surface area contributed by atoms with Gasteiger partial charge in [0.25, 0.3) is 8.32 Å². The zero-order valence-electron chi connectivity index (χ0n) is 15.5. The Hall–Kier alpha value is -1.46. The van der Waals surface area contributed by atoms with Crippen molar-refractivity contribution in [1.82, 2.24) is 0 Å². The van der Waals surface area contributed by atoms with Crippen LogP contribution >= 0.6 is 0 Å². The fourth-order valence-electron chi connectivity index (χ4n) is 3.40. The molecule has 25 heavy (non-hydrogen) atoms. The van der Waals surface area contributed by atoms with E-state index in [1.165, 1.54) is 10.4 Å². The molecule has 4 heteroatoms. The van der Waals surface area contributed by atoms with Crippen molar-refractivity contribution in [1.29, 1.82) is 0 Å². The van der Waals surface area contributed by atoms with Crippen LogP contribution in [0.3, 0.4) is 0 Å². The number of benzene rings is 2. The van der Waals surface area contributed by atoms with Crippen molar-refractivity contribution >= 4 is 18.7 Å². The smallest absolute Gasteiger partial charge is 0.261 e. The minimum atomic E-state index is -2.48. The average Bonchev–Trinajstić information content (AvgIpc) is 2.62. The molecule has 2 rings (SSSR count). The molecule has 0 aromatic heterocycles. The average molecular weight is 359 g/mol. The molecule has 0 spiro atoms. The van der Waals surface area contributed by atoms with Gasteiger partial charge >= 0.3 is 0 Å². The molecule has 3 nitrogen and oxygen atoms in total. The number of aliphatic hydroxyl groups excluding tert-OH is 2. The van der Waals surface area contributed by atoms with E-state index in [1.54, 1.807) is 0 Å². The highest BCUT2D eigenvalue weighted by atomic mass is 28.4. The summed E-state index contributed by atoms with van der Waals surface area (Å²) in [4.78, 5) is 0. The highest BCUT2D eigenvalue weighted by Gasteiger charge is 2.49. The second kappa shape index (κ2) is 8.76. The normalized spacial score (nSPS) is 13.6. The molecule has 2 aromatic rings. The van der Waals surface area contributed by atoms with E-state index < -0.39 is 14.4 Å². The number of aliphatic hydroxyl groups is 2. The topological polar surface area (TPSA) is 49.7 Å². The third-order valence-electron chi connectivity index (χ3n) is 4.63. The van der Waals surface area contributed by atoms with Crippen LogP contribution in [0.15, 0.2) is 60.7 Å². The Balaban J connectivity index is 2.39. The molecule has 2 N–H and O–H groups in total. The predicted octanol–water partition coefficient (Wildman–Crippen LogP) is 2.70. The Bertz CT molecular complexity index is 583. The first-order valence-electron chi connectivity index (χ1n) is 8.96. The highest BCUT2D eigenvalue weighted by molar-refractivity contribution is 6.99. The van der Waals surface area contributed by atoms with Gasteiger partial charge in [0.05, 0.1) is 12.7 Å². The highest BCUT2D eigenvalue weighted by Crippen LogP contribution is 2.36. The minimum absolute atomic E-state index is 0.0364. The summed E-state index contributed by atoms with van der Waals surface area (Å²) in [6.07, 6.45) is 0.615. The number of hydrogen-bond donors (Lipinski definition) is 2. The van der Waals surface area contributed by atoms with Gasteiger partial charge in [0.15, 0.2) is 0 Å². The van der Waals surface area contributed by atoms with Crippen molar-refractivity contribution in [2.75, 3.05) is 13.2 Å². The minimum Gasteiger partial charge on any atom is -0.407 e. The van der Waals surface area contributed by atoms with E-state index >= 15 is 0 Å². The third-order valence-corrected chi connectivity index (χ3v) is 9.67. The molecule has 0 aliphatic rings. The lowest BCUT2D eigenvalue weighted by Gasteiger charge is -2.43. The summed E-state index contributed by atoms with van der Waals surface area (Å²) in [5, 5.41) is 21.1. The Morgan fingerprint density at radius 2 is 1.40 bits per heavy atom. The maximum atomic E-state index is 9.59. The molecule has 0 aliphatic carbocycles. The summed E-state index contributed by atoms with van der Waals surface area (Å²) in [7, 11) is -2.48. The fourth-order valence-corrected chi connectivity index (χ4v) is 8.00. The van der Waals surface area contributed by atoms with E-state index in [2.05, 4.69) is 69.3 Å². The van der Waals surface area contributed by atoms with E-state index in [1.807, 2.05) is 12.1 Å². The van der Waals surface area contributed by atoms with Gasteiger partial charge in [-0.2, -0.15) is 0 Å². The first kappa shape index (κ1) is 19.9.